The van der Waals surface area contributed by atoms with Gasteiger partial charge in [0.25, 0.3) is 5.91 Å². The third-order valence-electron chi connectivity index (χ3n) is 3.78. The third kappa shape index (κ3) is 8.25. The molecule has 144 valence electrons. The maximum atomic E-state index is 12.2. The third-order valence-corrected chi connectivity index (χ3v) is 3.78. The second-order valence-corrected chi connectivity index (χ2v) is 6.08. The van der Waals surface area contributed by atoms with Crippen molar-refractivity contribution >= 4 is 36.4 Å². The van der Waals surface area contributed by atoms with Gasteiger partial charge in [-0.25, -0.2) is 0 Å². The Hall–Kier alpha value is -1.05. The monoisotopic (exact) mass is 393 g/mol. The highest BCUT2D eigenvalue weighted by atomic mass is 35.5. The van der Waals surface area contributed by atoms with Gasteiger partial charge in [-0.3, -0.25) is 4.79 Å². The number of amides is 1. The minimum Gasteiger partial charge on any atom is -0.493 e. The van der Waals surface area contributed by atoms with Crippen molar-refractivity contribution in [3.8, 4) is 5.75 Å². The first-order valence-electron chi connectivity index (χ1n) is 8.12. The lowest BCUT2D eigenvalue weighted by atomic mass is 10.2. The summed E-state index contributed by atoms with van der Waals surface area (Å²) in [6.07, 6.45) is 2.10. The highest BCUT2D eigenvalue weighted by Gasteiger charge is 2.29. The maximum absolute atomic E-state index is 12.2. The Balaban J connectivity index is 0.00000288. The van der Waals surface area contributed by atoms with Gasteiger partial charge < -0.3 is 25.4 Å². The predicted molar refractivity (Wildman–Crippen MR) is 105 cm³/mol. The Morgan fingerprint density at radius 3 is 2.76 bits per heavy atom. The molecule has 1 fully saturated rings. The zero-order valence-corrected chi connectivity index (χ0v) is 16.4. The van der Waals surface area contributed by atoms with Gasteiger partial charge in [0.1, 0.15) is 11.9 Å². The molecule has 0 bridgehead atoms. The van der Waals surface area contributed by atoms with Crippen LogP contribution in [-0.4, -0.2) is 56.8 Å². The average molecular weight is 394 g/mol. The SMILES string of the molecule is CN(C)CCCOc1cccc(NC(=O)[C@@H]2CC[C@H](CN)O2)c1.Cl.Cl. The topological polar surface area (TPSA) is 76.8 Å². The fourth-order valence-corrected chi connectivity index (χ4v) is 2.53. The number of anilines is 1. The van der Waals surface area contributed by atoms with Crippen molar-refractivity contribution in [3.63, 3.8) is 0 Å². The Bertz CT molecular complexity index is 518. The van der Waals surface area contributed by atoms with Gasteiger partial charge in [0.2, 0.25) is 0 Å². The summed E-state index contributed by atoms with van der Waals surface area (Å²) in [6.45, 7) is 2.09. The van der Waals surface area contributed by atoms with Crippen molar-refractivity contribution in [2.24, 2.45) is 5.73 Å². The number of carbonyl (C=O) groups is 1. The lowest BCUT2D eigenvalue weighted by Gasteiger charge is -2.14. The van der Waals surface area contributed by atoms with Crippen LogP contribution in [0.4, 0.5) is 5.69 Å². The van der Waals surface area contributed by atoms with Crippen LogP contribution >= 0.6 is 24.8 Å². The molecule has 3 N–H and O–H groups in total. The van der Waals surface area contributed by atoms with E-state index in [4.69, 9.17) is 15.2 Å². The van der Waals surface area contributed by atoms with Crippen LogP contribution in [0.1, 0.15) is 19.3 Å². The van der Waals surface area contributed by atoms with E-state index in [2.05, 4.69) is 10.2 Å². The summed E-state index contributed by atoms with van der Waals surface area (Å²) in [6, 6.07) is 7.44. The molecule has 8 heteroatoms. The number of hydrogen-bond acceptors (Lipinski definition) is 5. The first-order valence-corrected chi connectivity index (χ1v) is 8.12. The standard InChI is InChI=1S/C17H27N3O3.2ClH/c1-20(2)9-4-10-22-14-6-3-5-13(11-14)19-17(21)16-8-7-15(12-18)23-16;;/h3,5-6,11,15-16H,4,7-10,12,18H2,1-2H3,(H,19,21);2*1H/t15-,16+;;/m1../s1. The molecule has 0 radical (unpaired) electrons. The Labute approximate surface area is 162 Å². The molecule has 0 unspecified atom stereocenters. The fourth-order valence-electron chi connectivity index (χ4n) is 2.53. The molecule has 1 saturated heterocycles. The lowest BCUT2D eigenvalue weighted by molar-refractivity contribution is -0.126. The predicted octanol–water partition coefficient (Wildman–Crippen LogP) is 2.31. The molecule has 1 aliphatic rings. The number of ether oxygens (including phenoxy) is 2. The number of rotatable bonds is 8. The van der Waals surface area contributed by atoms with Gasteiger partial charge in [-0.2, -0.15) is 0 Å². The van der Waals surface area contributed by atoms with Gasteiger partial charge in [-0.05, 0) is 45.5 Å². The minimum absolute atomic E-state index is 0. The quantitative estimate of drug-likeness (QED) is 0.662. The number of hydrogen-bond donors (Lipinski definition) is 2. The van der Waals surface area contributed by atoms with Gasteiger partial charge in [0.05, 0.1) is 12.7 Å². The van der Waals surface area contributed by atoms with Crippen molar-refractivity contribution in [1.29, 1.82) is 0 Å². The molecule has 1 aliphatic heterocycles. The van der Waals surface area contributed by atoms with Crippen molar-refractivity contribution in [3.05, 3.63) is 24.3 Å². The smallest absolute Gasteiger partial charge is 0.253 e. The number of benzene rings is 1. The van der Waals surface area contributed by atoms with Crippen LogP contribution < -0.4 is 15.8 Å². The van der Waals surface area contributed by atoms with Crippen LogP contribution in [0.5, 0.6) is 5.75 Å². The van der Waals surface area contributed by atoms with Crippen LogP contribution in [0, 0.1) is 0 Å². The zero-order chi connectivity index (χ0) is 16.7. The Morgan fingerprint density at radius 1 is 1.36 bits per heavy atom. The number of nitrogens with zero attached hydrogens (tertiary/aromatic N) is 1. The molecule has 1 heterocycles. The van der Waals surface area contributed by atoms with E-state index in [0.29, 0.717) is 19.6 Å². The molecule has 2 atom stereocenters. The van der Waals surface area contributed by atoms with Crippen LogP contribution in [0.3, 0.4) is 0 Å². The van der Waals surface area contributed by atoms with E-state index in [1.165, 1.54) is 0 Å². The molecule has 1 aromatic carbocycles. The van der Waals surface area contributed by atoms with Gasteiger partial charge in [0.15, 0.2) is 0 Å². The van der Waals surface area contributed by atoms with E-state index >= 15 is 0 Å². The maximum Gasteiger partial charge on any atom is 0.253 e. The lowest BCUT2D eigenvalue weighted by Crippen LogP contribution is -2.29. The van der Waals surface area contributed by atoms with Gasteiger partial charge in [0, 0.05) is 24.8 Å². The zero-order valence-electron chi connectivity index (χ0n) is 14.8. The van der Waals surface area contributed by atoms with Crippen LogP contribution in [0.15, 0.2) is 24.3 Å². The summed E-state index contributed by atoms with van der Waals surface area (Å²) >= 11 is 0. The van der Waals surface area contributed by atoms with E-state index in [1.54, 1.807) is 0 Å². The summed E-state index contributed by atoms with van der Waals surface area (Å²) in [7, 11) is 4.08. The van der Waals surface area contributed by atoms with Gasteiger partial charge >= 0.3 is 0 Å². The normalized spacial score (nSPS) is 19.0. The van der Waals surface area contributed by atoms with Crippen LogP contribution in [-0.2, 0) is 9.53 Å². The Morgan fingerprint density at radius 2 is 2.12 bits per heavy atom. The molecule has 0 saturated carbocycles. The van der Waals surface area contributed by atoms with E-state index in [-0.39, 0.29) is 36.8 Å². The van der Waals surface area contributed by atoms with E-state index < -0.39 is 6.10 Å². The minimum atomic E-state index is -0.409. The molecular formula is C17H29Cl2N3O3. The van der Waals surface area contributed by atoms with Crippen molar-refractivity contribution in [1.82, 2.24) is 4.90 Å². The largest absolute Gasteiger partial charge is 0.493 e. The number of nitrogens with one attached hydrogen (secondary N) is 1. The Kier molecular flexibility index (Phi) is 11.8. The molecule has 0 aromatic heterocycles. The molecular weight excluding hydrogens is 365 g/mol. The summed E-state index contributed by atoms with van der Waals surface area (Å²) in [5, 5.41) is 2.88. The number of halogens is 2. The number of carbonyl (C=O) groups excluding carboxylic acids is 1. The molecule has 6 nitrogen and oxygen atoms in total. The number of nitrogens with two attached hydrogens (primary N) is 1. The summed E-state index contributed by atoms with van der Waals surface area (Å²) in [5.74, 6) is 0.638. The van der Waals surface area contributed by atoms with E-state index in [0.717, 1.165) is 30.8 Å². The summed E-state index contributed by atoms with van der Waals surface area (Å²) in [5.41, 5.74) is 6.29. The molecule has 0 spiro atoms. The van der Waals surface area contributed by atoms with E-state index in [9.17, 15) is 4.79 Å². The van der Waals surface area contributed by atoms with Crippen molar-refractivity contribution in [2.45, 2.75) is 31.5 Å². The molecule has 1 amide bonds. The second kappa shape index (κ2) is 12.3. The molecule has 1 aromatic rings. The van der Waals surface area contributed by atoms with E-state index in [1.807, 2.05) is 38.4 Å². The summed E-state index contributed by atoms with van der Waals surface area (Å²) < 4.78 is 11.3. The van der Waals surface area contributed by atoms with Gasteiger partial charge in [-0.15, -0.1) is 24.8 Å². The van der Waals surface area contributed by atoms with Crippen molar-refractivity contribution in [2.75, 3.05) is 39.1 Å². The molecule has 0 aliphatic carbocycles. The summed E-state index contributed by atoms with van der Waals surface area (Å²) in [4.78, 5) is 14.3. The average Bonchev–Trinajstić information content (AvgIpc) is 3.01. The van der Waals surface area contributed by atoms with Gasteiger partial charge in [-0.1, -0.05) is 6.07 Å². The molecule has 2 rings (SSSR count). The highest BCUT2D eigenvalue weighted by Crippen LogP contribution is 2.22. The molecule has 25 heavy (non-hydrogen) atoms. The van der Waals surface area contributed by atoms with Crippen LogP contribution in [0.2, 0.25) is 0 Å². The fraction of sp³-hybridized carbons (Fsp3) is 0.588. The van der Waals surface area contributed by atoms with Crippen molar-refractivity contribution < 1.29 is 14.3 Å². The second-order valence-electron chi connectivity index (χ2n) is 6.08. The first kappa shape index (κ1) is 23.9. The van der Waals surface area contributed by atoms with Crippen LogP contribution in [0.25, 0.3) is 0 Å². The highest BCUT2D eigenvalue weighted by molar-refractivity contribution is 5.94. The first-order chi connectivity index (χ1) is 11.1.